The molecule has 0 aromatic carbocycles. The summed E-state index contributed by atoms with van der Waals surface area (Å²) in [5.41, 5.74) is 3.79. The molecule has 0 spiro atoms. The molecular formula is C16H22N4O2S. The number of nitrogens with one attached hydrogen (secondary N) is 2. The number of aromatic nitrogens is 2. The number of amides is 2. The highest BCUT2D eigenvalue weighted by Crippen LogP contribution is 2.41. The van der Waals surface area contributed by atoms with Crippen LogP contribution in [0, 0.1) is 13.8 Å². The summed E-state index contributed by atoms with van der Waals surface area (Å²) in [5.74, 6) is 0.430. The van der Waals surface area contributed by atoms with Crippen molar-refractivity contribution in [3.05, 3.63) is 39.3 Å². The van der Waals surface area contributed by atoms with E-state index >= 15 is 0 Å². The summed E-state index contributed by atoms with van der Waals surface area (Å²) in [6.45, 7) is 3.95. The first-order valence-corrected chi connectivity index (χ1v) is 8.66. The molecule has 1 fully saturated rings. The number of hydrogen-bond acceptors (Lipinski definition) is 4. The van der Waals surface area contributed by atoms with Gasteiger partial charge in [0.25, 0.3) is 0 Å². The third kappa shape index (κ3) is 3.40. The number of thiophene rings is 1. The third-order valence-electron chi connectivity index (χ3n) is 4.43. The number of carbonyl (C=O) groups excluding carboxylic acids is 1. The Morgan fingerprint density at radius 2 is 2.35 bits per heavy atom. The number of aliphatic hydroxyl groups is 1. The first-order valence-electron chi connectivity index (χ1n) is 7.72. The van der Waals surface area contributed by atoms with Crippen LogP contribution in [0.15, 0.2) is 16.8 Å². The van der Waals surface area contributed by atoms with Crippen LogP contribution in [0.2, 0.25) is 0 Å². The first kappa shape index (κ1) is 16.0. The number of rotatable bonds is 5. The normalized spacial score (nSPS) is 21.0. The molecule has 23 heavy (non-hydrogen) atoms. The Kier molecular flexibility index (Phi) is 4.41. The summed E-state index contributed by atoms with van der Waals surface area (Å²) < 4.78 is 1.74. The summed E-state index contributed by atoms with van der Waals surface area (Å²) in [4.78, 5) is 12.0. The fourth-order valence-corrected chi connectivity index (χ4v) is 3.72. The minimum absolute atomic E-state index is 0.176. The molecule has 1 unspecified atom stereocenters. The van der Waals surface area contributed by atoms with Crippen molar-refractivity contribution in [1.29, 1.82) is 0 Å². The molecule has 2 aromatic heterocycles. The van der Waals surface area contributed by atoms with Gasteiger partial charge in [-0.1, -0.05) is 0 Å². The second kappa shape index (κ2) is 6.33. The van der Waals surface area contributed by atoms with E-state index in [0.29, 0.717) is 5.92 Å². The number of hydrogen-bond donors (Lipinski definition) is 3. The molecule has 0 aliphatic heterocycles. The Hall–Kier alpha value is -1.86. The Morgan fingerprint density at radius 1 is 1.57 bits per heavy atom. The summed E-state index contributed by atoms with van der Waals surface area (Å²) >= 11 is 1.68. The fourth-order valence-electron chi connectivity index (χ4n) is 2.99. The molecular weight excluding hydrogens is 312 g/mol. The molecule has 1 aliphatic rings. The number of aryl methyl sites for hydroxylation is 2. The lowest BCUT2D eigenvalue weighted by atomic mass is 10.1. The smallest absolute Gasteiger partial charge is 0.315 e. The maximum atomic E-state index is 12.0. The van der Waals surface area contributed by atoms with Gasteiger partial charge in [0.15, 0.2) is 0 Å². The minimum Gasteiger partial charge on any atom is -0.386 e. The second-order valence-corrected chi connectivity index (χ2v) is 6.86. The van der Waals surface area contributed by atoms with Gasteiger partial charge in [0, 0.05) is 36.8 Å². The lowest BCUT2D eigenvalue weighted by Gasteiger charge is -2.13. The molecule has 1 aliphatic carbocycles. The van der Waals surface area contributed by atoms with Crippen molar-refractivity contribution in [2.24, 2.45) is 7.05 Å². The van der Waals surface area contributed by atoms with Crippen LogP contribution in [0.3, 0.4) is 0 Å². The number of nitrogens with zero attached hydrogens (tertiary/aromatic N) is 2. The Bertz CT molecular complexity index is 695. The average Bonchev–Trinajstić information content (AvgIpc) is 2.94. The van der Waals surface area contributed by atoms with Gasteiger partial charge >= 0.3 is 6.03 Å². The standard InChI is InChI=1S/C16H22N4O2S/c1-9-15(10(2)20(3)19-9)14(21)7-17-16(22)18-13-6-12(13)11-4-5-23-8-11/h4-5,8,12-14,21H,6-7H2,1-3H3,(H2,17,18,22)/t12-,13+,14?/m0/s1. The minimum atomic E-state index is -0.749. The van der Waals surface area contributed by atoms with Gasteiger partial charge in [-0.3, -0.25) is 4.68 Å². The molecule has 7 heteroatoms. The maximum Gasteiger partial charge on any atom is 0.315 e. The van der Waals surface area contributed by atoms with E-state index in [9.17, 15) is 9.90 Å². The van der Waals surface area contributed by atoms with Crippen LogP contribution < -0.4 is 10.6 Å². The third-order valence-corrected chi connectivity index (χ3v) is 5.13. The van der Waals surface area contributed by atoms with Crippen LogP contribution in [-0.2, 0) is 7.05 Å². The molecule has 3 rings (SSSR count). The predicted molar refractivity (Wildman–Crippen MR) is 89.6 cm³/mol. The molecule has 0 saturated heterocycles. The molecule has 124 valence electrons. The fraction of sp³-hybridized carbons (Fsp3) is 0.500. The molecule has 3 N–H and O–H groups in total. The van der Waals surface area contributed by atoms with E-state index in [-0.39, 0.29) is 18.6 Å². The van der Waals surface area contributed by atoms with Gasteiger partial charge in [-0.05, 0) is 42.7 Å². The van der Waals surface area contributed by atoms with Gasteiger partial charge in [0.2, 0.25) is 0 Å². The van der Waals surface area contributed by atoms with Crippen molar-refractivity contribution in [1.82, 2.24) is 20.4 Å². The molecule has 3 atom stereocenters. The van der Waals surface area contributed by atoms with Crippen molar-refractivity contribution < 1.29 is 9.90 Å². The highest BCUT2D eigenvalue weighted by atomic mass is 32.1. The molecule has 2 amide bonds. The Balaban J connectivity index is 1.48. The van der Waals surface area contributed by atoms with Crippen molar-refractivity contribution in [2.75, 3.05) is 6.54 Å². The zero-order valence-corrected chi connectivity index (χ0v) is 14.4. The van der Waals surface area contributed by atoms with E-state index in [1.165, 1.54) is 5.56 Å². The molecule has 6 nitrogen and oxygen atoms in total. The van der Waals surface area contributed by atoms with E-state index in [2.05, 4.69) is 32.6 Å². The van der Waals surface area contributed by atoms with E-state index in [0.717, 1.165) is 23.4 Å². The van der Waals surface area contributed by atoms with Crippen LogP contribution in [0.25, 0.3) is 0 Å². The van der Waals surface area contributed by atoms with E-state index in [1.807, 2.05) is 20.9 Å². The maximum absolute atomic E-state index is 12.0. The average molecular weight is 334 g/mol. The van der Waals surface area contributed by atoms with Gasteiger partial charge < -0.3 is 15.7 Å². The summed E-state index contributed by atoms with van der Waals surface area (Å²) in [5, 5.41) is 24.5. The van der Waals surface area contributed by atoms with Crippen molar-refractivity contribution in [2.45, 2.75) is 38.3 Å². The largest absolute Gasteiger partial charge is 0.386 e. The Morgan fingerprint density at radius 3 is 2.96 bits per heavy atom. The van der Waals surface area contributed by atoms with Gasteiger partial charge in [0.1, 0.15) is 0 Å². The van der Waals surface area contributed by atoms with Crippen molar-refractivity contribution in [3.8, 4) is 0 Å². The first-order chi connectivity index (χ1) is 11.0. The SMILES string of the molecule is Cc1nn(C)c(C)c1C(O)CNC(=O)N[C@@H]1C[C@H]1c1ccsc1. The van der Waals surface area contributed by atoms with Gasteiger partial charge in [0.05, 0.1) is 11.8 Å². The van der Waals surface area contributed by atoms with Crippen LogP contribution >= 0.6 is 11.3 Å². The van der Waals surface area contributed by atoms with E-state index in [1.54, 1.807) is 16.0 Å². The molecule has 0 bridgehead atoms. The van der Waals surface area contributed by atoms with Crippen molar-refractivity contribution >= 4 is 17.4 Å². The number of urea groups is 1. The van der Waals surface area contributed by atoms with Gasteiger partial charge in [-0.15, -0.1) is 0 Å². The second-order valence-electron chi connectivity index (χ2n) is 6.08. The van der Waals surface area contributed by atoms with Crippen molar-refractivity contribution in [3.63, 3.8) is 0 Å². The highest BCUT2D eigenvalue weighted by molar-refractivity contribution is 7.08. The summed E-state index contributed by atoms with van der Waals surface area (Å²) in [6.07, 6.45) is 0.231. The van der Waals surface area contributed by atoms with Crippen LogP contribution in [0.5, 0.6) is 0 Å². The monoisotopic (exact) mass is 334 g/mol. The summed E-state index contributed by atoms with van der Waals surface area (Å²) in [7, 11) is 1.84. The topological polar surface area (TPSA) is 79.2 Å². The van der Waals surface area contributed by atoms with E-state index < -0.39 is 6.10 Å². The van der Waals surface area contributed by atoms with Crippen LogP contribution in [0.4, 0.5) is 4.79 Å². The molecule has 2 heterocycles. The molecule has 0 radical (unpaired) electrons. The lowest BCUT2D eigenvalue weighted by Crippen LogP contribution is -2.39. The zero-order chi connectivity index (χ0) is 16.6. The predicted octanol–water partition coefficient (Wildman–Crippen LogP) is 1.99. The van der Waals surface area contributed by atoms with Crippen LogP contribution in [-0.4, -0.2) is 33.5 Å². The molecule has 2 aromatic rings. The quantitative estimate of drug-likeness (QED) is 0.782. The van der Waals surface area contributed by atoms with E-state index in [4.69, 9.17) is 0 Å². The zero-order valence-electron chi connectivity index (χ0n) is 13.5. The highest BCUT2D eigenvalue weighted by Gasteiger charge is 2.39. The number of aliphatic hydroxyl groups excluding tert-OH is 1. The van der Waals surface area contributed by atoms with Crippen LogP contribution in [0.1, 0.15) is 41.0 Å². The van der Waals surface area contributed by atoms with Gasteiger partial charge in [-0.25, -0.2) is 4.79 Å². The number of carbonyl (C=O) groups is 1. The Labute approximate surface area is 139 Å². The van der Waals surface area contributed by atoms with Gasteiger partial charge in [-0.2, -0.15) is 16.4 Å². The lowest BCUT2D eigenvalue weighted by molar-refractivity contribution is 0.171. The summed E-state index contributed by atoms with van der Waals surface area (Å²) in [6, 6.07) is 2.07. The molecule has 1 saturated carbocycles.